The number of aromatic nitrogens is 3. The number of benzene rings is 1. The van der Waals surface area contributed by atoms with Crippen LogP contribution >= 0.6 is 0 Å². The number of hydrogen-bond acceptors (Lipinski definition) is 4. The molecule has 20 heavy (non-hydrogen) atoms. The molecule has 0 atom stereocenters. The lowest BCUT2D eigenvalue weighted by atomic mass is 10.0. The van der Waals surface area contributed by atoms with Gasteiger partial charge in [0.15, 0.2) is 0 Å². The number of hydrogen-bond donors (Lipinski definition) is 0. The van der Waals surface area contributed by atoms with Gasteiger partial charge in [-0.25, -0.2) is 5.01 Å². The highest BCUT2D eigenvalue weighted by Gasteiger charge is 2.20. The average Bonchev–Trinajstić information content (AvgIpc) is 3.01. The van der Waals surface area contributed by atoms with Gasteiger partial charge in [0, 0.05) is 19.4 Å². The topological polar surface area (TPSA) is 63.4 Å². The van der Waals surface area contributed by atoms with Gasteiger partial charge in [-0.15, -0.1) is 10.2 Å². The lowest BCUT2D eigenvalue weighted by Crippen LogP contribution is -2.34. The first-order valence-electron chi connectivity index (χ1n) is 6.58. The van der Waals surface area contributed by atoms with E-state index in [0.717, 1.165) is 11.3 Å². The van der Waals surface area contributed by atoms with Crippen molar-refractivity contribution >= 4 is 11.6 Å². The fourth-order valence-electron chi connectivity index (χ4n) is 2.16. The minimum absolute atomic E-state index is 0.0674. The predicted molar refractivity (Wildman–Crippen MR) is 73.9 cm³/mol. The van der Waals surface area contributed by atoms with Gasteiger partial charge in [0.05, 0.1) is 12.3 Å². The van der Waals surface area contributed by atoms with Gasteiger partial charge < -0.3 is 4.57 Å². The SMILES string of the molecule is O=C1CCC(c2ccccc2)=NN1CCn1cnnc1. The first-order chi connectivity index (χ1) is 9.83. The molecule has 1 aliphatic rings. The lowest BCUT2D eigenvalue weighted by molar-refractivity contribution is -0.131. The monoisotopic (exact) mass is 269 g/mol. The molecule has 1 amide bonds. The maximum Gasteiger partial charge on any atom is 0.243 e. The van der Waals surface area contributed by atoms with E-state index in [0.29, 0.717) is 25.9 Å². The van der Waals surface area contributed by atoms with Crippen molar-refractivity contribution < 1.29 is 4.79 Å². The molecule has 0 N–H and O–H groups in total. The molecule has 0 radical (unpaired) electrons. The summed E-state index contributed by atoms with van der Waals surface area (Å²) in [5, 5.41) is 13.5. The zero-order valence-electron chi connectivity index (χ0n) is 11.0. The van der Waals surface area contributed by atoms with Gasteiger partial charge in [0.1, 0.15) is 12.7 Å². The quantitative estimate of drug-likeness (QED) is 0.840. The normalized spacial score (nSPS) is 15.3. The molecule has 1 aromatic heterocycles. The van der Waals surface area contributed by atoms with Crippen LogP contribution in [0.2, 0.25) is 0 Å². The third-order valence-corrected chi connectivity index (χ3v) is 3.25. The van der Waals surface area contributed by atoms with Crippen LogP contribution in [0.1, 0.15) is 18.4 Å². The number of hydrazone groups is 1. The number of nitrogens with zero attached hydrogens (tertiary/aromatic N) is 5. The van der Waals surface area contributed by atoms with Gasteiger partial charge in [0.2, 0.25) is 5.91 Å². The Kier molecular flexibility index (Phi) is 3.54. The Balaban J connectivity index is 1.73. The summed E-state index contributed by atoms with van der Waals surface area (Å²) < 4.78 is 1.83. The highest BCUT2D eigenvalue weighted by molar-refractivity contribution is 6.04. The van der Waals surface area contributed by atoms with Gasteiger partial charge in [-0.2, -0.15) is 5.10 Å². The molecule has 1 aliphatic heterocycles. The fourth-order valence-corrected chi connectivity index (χ4v) is 2.16. The summed E-state index contributed by atoms with van der Waals surface area (Å²) >= 11 is 0. The molecule has 6 heteroatoms. The van der Waals surface area contributed by atoms with Gasteiger partial charge >= 0.3 is 0 Å². The summed E-state index contributed by atoms with van der Waals surface area (Å²) in [5.74, 6) is 0.0674. The molecule has 0 spiro atoms. The van der Waals surface area contributed by atoms with Crippen molar-refractivity contribution in [3.63, 3.8) is 0 Å². The Labute approximate surface area is 116 Å². The van der Waals surface area contributed by atoms with Crippen LogP contribution in [0.15, 0.2) is 48.1 Å². The van der Waals surface area contributed by atoms with Crippen molar-refractivity contribution in [1.29, 1.82) is 0 Å². The summed E-state index contributed by atoms with van der Waals surface area (Å²) in [6.45, 7) is 1.18. The van der Waals surface area contributed by atoms with E-state index in [1.807, 2.05) is 34.9 Å². The summed E-state index contributed by atoms with van der Waals surface area (Å²) in [7, 11) is 0. The highest BCUT2D eigenvalue weighted by Crippen LogP contribution is 2.15. The second kappa shape index (κ2) is 5.64. The Hall–Kier alpha value is -2.50. The summed E-state index contributed by atoms with van der Waals surface area (Å²) in [5.41, 5.74) is 2.04. The van der Waals surface area contributed by atoms with Gasteiger partial charge in [-0.1, -0.05) is 30.3 Å². The van der Waals surface area contributed by atoms with E-state index >= 15 is 0 Å². The van der Waals surface area contributed by atoms with E-state index < -0.39 is 0 Å². The first-order valence-corrected chi connectivity index (χ1v) is 6.58. The highest BCUT2D eigenvalue weighted by atomic mass is 16.2. The van der Waals surface area contributed by atoms with Crippen LogP contribution in [0.3, 0.4) is 0 Å². The molecule has 0 bridgehead atoms. The van der Waals surface area contributed by atoms with Crippen molar-refractivity contribution in [3.8, 4) is 0 Å². The third kappa shape index (κ3) is 2.74. The molecule has 0 fully saturated rings. The lowest BCUT2D eigenvalue weighted by Gasteiger charge is -2.23. The van der Waals surface area contributed by atoms with Crippen LogP contribution in [0.4, 0.5) is 0 Å². The van der Waals surface area contributed by atoms with Crippen LogP contribution in [0.25, 0.3) is 0 Å². The molecule has 6 nitrogen and oxygen atoms in total. The second-order valence-corrected chi connectivity index (χ2v) is 4.63. The van der Waals surface area contributed by atoms with Gasteiger partial charge in [0.25, 0.3) is 0 Å². The first kappa shape index (κ1) is 12.5. The maximum absolute atomic E-state index is 11.9. The van der Waals surface area contributed by atoms with Crippen molar-refractivity contribution in [2.24, 2.45) is 5.10 Å². The van der Waals surface area contributed by atoms with E-state index in [9.17, 15) is 4.79 Å². The summed E-state index contributed by atoms with van der Waals surface area (Å²) in [6, 6.07) is 9.98. The minimum atomic E-state index is 0.0674. The van der Waals surface area contributed by atoms with E-state index in [2.05, 4.69) is 15.3 Å². The number of carbonyl (C=O) groups excluding carboxylic acids is 1. The third-order valence-electron chi connectivity index (χ3n) is 3.25. The Morgan fingerprint density at radius 1 is 1.00 bits per heavy atom. The molecule has 0 unspecified atom stereocenters. The van der Waals surface area contributed by atoms with Crippen LogP contribution in [0.5, 0.6) is 0 Å². The van der Waals surface area contributed by atoms with Crippen LogP contribution in [0, 0.1) is 0 Å². The van der Waals surface area contributed by atoms with Gasteiger partial charge in [-0.3, -0.25) is 4.79 Å². The molecule has 2 aromatic rings. The van der Waals surface area contributed by atoms with Crippen molar-refractivity contribution in [2.45, 2.75) is 19.4 Å². The fraction of sp³-hybridized carbons (Fsp3) is 0.286. The number of amides is 1. The van der Waals surface area contributed by atoms with E-state index in [1.54, 1.807) is 17.7 Å². The van der Waals surface area contributed by atoms with Crippen LogP contribution < -0.4 is 0 Å². The van der Waals surface area contributed by atoms with Crippen molar-refractivity contribution in [1.82, 2.24) is 19.8 Å². The van der Waals surface area contributed by atoms with Crippen LogP contribution in [-0.4, -0.2) is 37.9 Å². The number of rotatable bonds is 4. The van der Waals surface area contributed by atoms with Crippen LogP contribution in [-0.2, 0) is 11.3 Å². The Morgan fingerprint density at radius 3 is 2.50 bits per heavy atom. The minimum Gasteiger partial charge on any atom is -0.318 e. The maximum atomic E-state index is 11.9. The molecule has 1 aromatic carbocycles. The van der Waals surface area contributed by atoms with E-state index in [4.69, 9.17) is 0 Å². The average molecular weight is 269 g/mol. The van der Waals surface area contributed by atoms with Gasteiger partial charge in [-0.05, 0) is 5.56 Å². The molecule has 0 saturated heterocycles. The zero-order valence-corrected chi connectivity index (χ0v) is 11.0. The Bertz CT molecular complexity index is 606. The molecule has 0 aliphatic carbocycles. The van der Waals surface area contributed by atoms with E-state index in [1.165, 1.54) is 0 Å². The summed E-state index contributed by atoms with van der Waals surface area (Å²) in [4.78, 5) is 11.9. The zero-order chi connectivity index (χ0) is 13.8. The molecular weight excluding hydrogens is 254 g/mol. The molecular formula is C14H15N5O. The molecule has 3 rings (SSSR count). The second-order valence-electron chi connectivity index (χ2n) is 4.63. The van der Waals surface area contributed by atoms with Crippen molar-refractivity contribution in [3.05, 3.63) is 48.5 Å². The molecule has 102 valence electrons. The predicted octanol–water partition coefficient (Wildman–Crippen LogP) is 1.30. The Morgan fingerprint density at radius 2 is 1.75 bits per heavy atom. The largest absolute Gasteiger partial charge is 0.318 e. The molecule has 0 saturated carbocycles. The standard InChI is InChI=1S/C14H15N5O/c20-14-7-6-13(12-4-2-1-3-5-12)17-19(14)9-8-18-10-15-16-11-18/h1-5,10-11H,6-9H2. The smallest absolute Gasteiger partial charge is 0.243 e. The summed E-state index contributed by atoms with van der Waals surface area (Å²) in [6.07, 6.45) is 4.48. The van der Waals surface area contributed by atoms with E-state index in [-0.39, 0.29) is 5.91 Å². The van der Waals surface area contributed by atoms with Crippen molar-refractivity contribution in [2.75, 3.05) is 6.54 Å². The number of carbonyl (C=O) groups is 1. The molecule has 2 heterocycles.